The van der Waals surface area contributed by atoms with Gasteiger partial charge in [0.2, 0.25) is 5.91 Å². The van der Waals surface area contributed by atoms with Gasteiger partial charge in [-0.3, -0.25) is 9.59 Å². The number of allylic oxidation sites excluding steroid dienone is 1. The fraction of sp³-hybridized carbons (Fsp3) is 0.875. The van der Waals surface area contributed by atoms with Crippen LogP contribution in [-0.2, 0) is 14.3 Å². The molecule has 0 aromatic carbocycles. The molecule has 0 aliphatic heterocycles. The highest BCUT2D eigenvalue weighted by atomic mass is 16.5. The number of primary amides is 1. The van der Waals surface area contributed by atoms with E-state index >= 15 is 0 Å². The van der Waals surface area contributed by atoms with Crippen molar-refractivity contribution in [2.45, 2.75) is 119 Å². The molecular formula is C32H51NO3. The summed E-state index contributed by atoms with van der Waals surface area (Å²) in [6, 6.07) is 0. The lowest BCUT2D eigenvalue weighted by Crippen LogP contribution is -2.67. The quantitative estimate of drug-likeness (QED) is 0.335. The zero-order valence-corrected chi connectivity index (χ0v) is 24.0. The van der Waals surface area contributed by atoms with Crippen molar-refractivity contribution in [2.75, 3.05) is 0 Å². The number of carbonyl (C=O) groups excluding carboxylic acids is 2. The Morgan fingerprint density at radius 1 is 0.806 bits per heavy atom. The molecule has 0 saturated heterocycles. The van der Waals surface area contributed by atoms with Crippen LogP contribution < -0.4 is 5.73 Å². The molecular weight excluding hydrogens is 446 g/mol. The lowest BCUT2D eigenvalue weighted by Gasteiger charge is -2.72. The summed E-state index contributed by atoms with van der Waals surface area (Å²) < 4.78 is 5.89. The number of rotatable bonds is 3. The van der Waals surface area contributed by atoms with E-state index in [1.807, 2.05) is 0 Å². The minimum atomic E-state index is -0.331. The van der Waals surface area contributed by atoms with E-state index in [1.54, 1.807) is 6.92 Å². The number of hydrogen-bond donors (Lipinski definition) is 1. The van der Waals surface area contributed by atoms with E-state index in [0.29, 0.717) is 29.6 Å². The molecule has 5 fully saturated rings. The molecule has 5 saturated carbocycles. The first-order chi connectivity index (χ1) is 16.6. The maximum atomic E-state index is 13.0. The van der Waals surface area contributed by atoms with Crippen molar-refractivity contribution in [2.24, 2.45) is 62.4 Å². The van der Waals surface area contributed by atoms with Gasteiger partial charge in [0, 0.05) is 12.3 Å². The third kappa shape index (κ3) is 3.17. The third-order valence-electron chi connectivity index (χ3n) is 13.8. The van der Waals surface area contributed by atoms with Gasteiger partial charge in [-0.15, -0.1) is 0 Å². The van der Waals surface area contributed by atoms with Crippen LogP contribution in [0.15, 0.2) is 12.2 Å². The molecule has 3 unspecified atom stereocenters. The summed E-state index contributed by atoms with van der Waals surface area (Å²) >= 11 is 0. The van der Waals surface area contributed by atoms with Gasteiger partial charge < -0.3 is 10.5 Å². The highest BCUT2D eigenvalue weighted by molar-refractivity contribution is 5.82. The number of nitrogens with two attached hydrogens (primary N) is 1. The van der Waals surface area contributed by atoms with E-state index < -0.39 is 0 Å². The molecule has 5 aliphatic rings. The van der Waals surface area contributed by atoms with Crippen LogP contribution in [-0.4, -0.2) is 18.0 Å². The first kappa shape index (κ1) is 26.3. The average molecular weight is 498 g/mol. The Balaban J connectivity index is 1.52. The highest BCUT2D eigenvalue weighted by Gasteiger charge is 2.71. The second-order valence-corrected chi connectivity index (χ2v) is 15.2. The van der Waals surface area contributed by atoms with E-state index in [2.05, 4.69) is 48.1 Å². The highest BCUT2D eigenvalue weighted by Crippen LogP contribution is 2.77. The average Bonchev–Trinajstić information content (AvgIpc) is 3.17. The minimum absolute atomic E-state index is 0.0120. The largest absolute Gasteiger partial charge is 0.462 e. The fourth-order valence-electron chi connectivity index (χ4n) is 12.0. The number of fused-ring (bicyclic) bond motifs is 7. The summed E-state index contributed by atoms with van der Waals surface area (Å²) in [6.45, 7) is 20.7. The van der Waals surface area contributed by atoms with Crippen LogP contribution in [0, 0.1) is 56.7 Å². The van der Waals surface area contributed by atoms with E-state index in [-0.39, 0.29) is 45.1 Å². The van der Waals surface area contributed by atoms with Crippen LogP contribution in [0.3, 0.4) is 0 Å². The third-order valence-corrected chi connectivity index (χ3v) is 13.8. The maximum Gasteiger partial charge on any atom is 0.302 e. The van der Waals surface area contributed by atoms with Gasteiger partial charge in [0.1, 0.15) is 6.10 Å². The maximum absolute atomic E-state index is 13.0. The summed E-state index contributed by atoms with van der Waals surface area (Å²) in [5.41, 5.74) is 7.84. The zero-order chi connectivity index (χ0) is 26.5. The van der Waals surface area contributed by atoms with Gasteiger partial charge in [-0.05, 0) is 117 Å². The predicted octanol–water partition coefficient (Wildman–Crippen LogP) is 7.06. The van der Waals surface area contributed by atoms with Gasteiger partial charge in [0.05, 0.1) is 5.41 Å². The molecule has 2 N–H and O–H groups in total. The smallest absolute Gasteiger partial charge is 0.302 e. The molecule has 0 heterocycles. The molecule has 0 spiro atoms. The molecule has 5 rings (SSSR count). The number of amides is 1. The van der Waals surface area contributed by atoms with E-state index in [4.69, 9.17) is 10.5 Å². The molecule has 0 aromatic rings. The predicted molar refractivity (Wildman–Crippen MR) is 144 cm³/mol. The van der Waals surface area contributed by atoms with Crippen molar-refractivity contribution >= 4 is 11.9 Å². The molecule has 202 valence electrons. The molecule has 0 bridgehead atoms. The Morgan fingerprint density at radius 3 is 2.11 bits per heavy atom. The molecule has 4 heteroatoms. The molecule has 36 heavy (non-hydrogen) atoms. The Kier molecular flexibility index (Phi) is 5.91. The Bertz CT molecular complexity index is 970. The second kappa shape index (κ2) is 8.09. The fourth-order valence-corrected chi connectivity index (χ4v) is 12.0. The Hall–Kier alpha value is -1.32. The van der Waals surface area contributed by atoms with Gasteiger partial charge in [-0.1, -0.05) is 46.8 Å². The SMILES string of the molecule is C=C(C)[C@@H]1CC[C@]2(C(N)=O)CC[C@]3(C)[C@H](CCC4[C@@]5(C)CC[C@H](OC(C)=O)C(C)(C)C5CC[C@]43C)C12. The van der Waals surface area contributed by atoms with Crippen molar-refractivity contribution in [3.63, 3.8) is 0 Å². The molecule has 10 atom stereocenters. The molecule has 5 aliphatic carbocycles. The summed E-state index contributed by atoms with van der Waals surface area (Å²) in [5.74, 6) is 2.34. The van der Waals surface area contributed by atoms with Crippen LogP contribution in [0.25, 0.3) is 0 Å². The van der Waals surface area contributed by atoms with Crippen molar-refractivity contribution in [3.05, 3.63) is 12.2 Å². The van der Waals surface area contributed by atoms with E-state index in [9.17, 15) is 9.59 Å². The van der Waals surface area contributed by atoms with Gasteiger partial charge in [-0.25, -0.2) is 0 Å². The lowest BCUT2D eigenvalue weighted by molar-refractivity contribution is -0.248. The topological polar surface area (TPSA) is 69.4 Å². The van der Waals surface area contributed by atoms with Crippen LogP contribution in [0.1, 0.15) is 113 Å². The molecule has 4 nitrogen and oxygen atoms in total. The normalized spacial score (nSPS) is 51.2. The summed E-state index contributed by atoms with van der Waals surface area (Å²) in [7, 11) is 0. The summed E-state index contributed by atoms with van der Waals surface area (Å²) in [4.78, 5) is 24.9. The Labute approximate surface area is 219 Å². The van der Waals surface area contributed by atoms with Crippen LogP contribution in [0.2, 0.25) is 0 Å². The monoisotopic (exact) mass is 497 g/mol. The van der Waals surface area contributed by atoms with Crippen molar-refractivity contribution < 1.29 is 14.3 Å². The lowest BCUT2D eigenvalue weighted by atomic mass is 9.32. The van der Waals surface area contributed by atoms with Gasteiger partial charge in [-0.2, -0.15) is 0 Å². The second-order valence-electron chi connectivity index (χ2n) is 15.2. The number of esters is 1. The first-order valence-corrected chi connectivity index (χ1v) is 14.8. The van der Waals surface area contributed by atoms with Gasteiger partial charge >= 0.3 is 5.97 Å². The zero-order valence-electron chi connectivity index (χ0n) is 24.0. The van der Waals surface area contributed by atoms with Crippen LogP contribution >= 0.6 is 0 Å². The van der Waals surface area contributed by atoms with Crippen molar-refractivity contribution in [3.8, 4) is 0 Å². The summed E-state index contributed by atoms with van der Waals surface area (Å²) in [6.07, 6.45) is 11.1. The Morgan fingerprint density at radius 2 is 1.50 bits per heavy atom. The van der Waals surface area contributed by atoms with Crippen LogP contribution in [0.4, 0.5) is 0 Å². The number of carbonyl (C=O) groups is 2. The molecule has 0 aromatic heterocycles. The van der Waals surface area contributed by atoms with Crippen molar-refractivity contribution in [1.29, 1.82) is 0 Å². The van der Waals surface area contributed by atoms with Crippen LogP contribution in [0.5, 0.6) is 0 Å². The van der Waals surface area contributed by atoms with E-state index in [0.717, 1.165) is 38.5 Å². The summed E-state index contributed by atoms with van der Waals surface area (Å²) in [5, 5.41) is 0. The van der Waals surface area contributed by atoms with Crippen molar-refractivity contribution in [1.82, 2.24) is 0 Å². The van der Waals surface area contributed by atoms with E-state index in [1.165, 1.54) is 31.3 Å². The van der Waals surface area contributed by atoms with Gasteiger partial charge in [0.25, 0.3) is 0 Å². The number of ether oxygens (including phenoxy) is 1. The van der Waals surface area contributed by atoms with Gasteiger partial charge in [0.15, 0.2) is 0 Å². The first-order valence-electron chi connectivity index (χ1n) is 14.8. The minimum Gasteiger partial charge on any atom is -0.462 e. The number of hydrogen-bond acceptors (Lipinski definition) is 3. The standard InChI is InChI=1S/C32H51NO3/c1-19(2)21-11-16-32(27(33)35)18-17-30(7)22(26(21)32)9-10-24-29(6)14-13-25(36-20(3)34)28(4,5)23(29)12-15-31(24,30)8/h21-26H,1,9-18H2,2-8H3,(H2,33,35)/t21-,22+,23?,24?,25-,26?,29-,30+,31+,32-/m0/s1. The molecule has 0 radical (unpaired) electrons. The molecule has 1 amide bonds.